The molecule has 4 aliphatic heterocycles. The third-order valence-corrected chi connectivity index (χ3v) is 27.6. The van der Waals surface area contributed by atoms with Gasteiger partial charge in [0.05, 0.1) is 0 Å². The molecule has 0 N–H and O–H groups in total. The summed E-state index contributed by atoms with van der Waals surface area (Å²) in [5, 5.41) is 0. The Morgan fingerprint density at radius 1 is 0.380 bits per heavy atom. The number of rotatable bonds is 2. The summed E-state index contributed by atoms with van der Waals surface area (Å²) < 4.78 is 28.0. The molecule has 12 heteroatoms. The number of halogens is 4. The maximum atomic E-state index is 7.51. The van der Waals surface area contributed by atoms with Gasteiger partial charge in [-0.2, -0.15) is 0 Å². The SMILES string of the molecule is CC[N+]12Cc3cc(C)cc(C(C)(C)C)c3O[Si-]1(Cl)(Cl)Oc1c(cc(C)cc1C(C)(C)C)C2.CC[N+]12Cc3cc(C)cc(C(C)(C)C)c3O[Si-]1(Cl)(Cl)Oc1c(cc(C)cc1C(C)(C)C)C2.Cc1ccccc1. The molecule has 388 valence electrons. The van der Waals surface area contributed by atoms with Gasteiger partial charge in [0.2, 0.25) is 0 Å². The van der Waals surface area contributed by atoms with E-state index < -0.39 is 13.2 Å². The van der Waals surface area contributed by atoms with E-state index in [0.29, 0.717) is 34.5 Å². The predicted molar refractivity (Wildman–Crippen MR) is 305 cm³/mol. The summed E-state index contributed by atoms with van der Waals surface area (Å²) in [4.78, 5) is 0. The van der Waals surface area contributed by atoms with Crippen molar-refractivity contribution in [1.29, 1.82) is 0 Å². The van der Waals surface area contributed by atoms with Crippen molar-refractivity contribution in [2.75, 3.05) is 13.1 Å². The molecule has 0 saturated heterocycles. The average molecular weight is 1080 g/mol. The zero-order valence-electron chi connectivity index (χ0n) is 46.3. The van der Waals surface area contributed by atoms with Crippen molar-refractivity contribution in [3.63, 3.8) is 0 Å². The van der Waals surface area contributed by atoms with E-state index in [2.05, 4.69) is 192 Å². The fraction of sp³-hybridized carbons (Fsp3) is 0.492. The number of aryl methyl sites for hydroxylation is 5. The van der Waals surface area contributed by atoms with E-state index >= 15 is 0 Å². The molecule has 0 bridgehead atoms. The van der Waals surface area contributed by atoms with E-state index in [1.54, 1.807) is 0 Å². The molecule has 0 aromatic heterocycles. The molecule has 0 unspecified atom stereocenters. The average Bonchev–Trinajstić information content (AvgIpc) is 3.22. The Balaban J connectivity index is 0.000000183. The molecule has 0 fully saturated rings. The van der Waals surface area contributed by atoms with Crippen LogP contribution in [0.25, 0.3) is 0 Å². The molecular formula is C59H82Cl4N2O4Si2. The summed E-state index contributed by atoms with van der Waals surface area (Å²) in [7, 11) is 0. The van der Waals surface area contributed by atoms with Gasteiger partial charge in [0.15, 0.2) is 0 Å². The molecule has 5 aromatic carbocycles. The summed E-state index contributed by atoms with van der Waals surface area (Å²) in [5.74, 6) is 3.26. The van der Waals surface area contributed by atoms with Gasteiger partial charge in [0.25, 0.3) is 0 Å². The Labute approximate surface area is 447 Å². The first-order valence-electron chi connectivity index (χ1n) is 25.6. The summed E-state index contributed by atoms with van der Waals surface area (Å²) >= 11 is 30.1. The van der Waals surface area contributed by atoms with Crippen LogP contribution in [-0.2, 0) is 47.8 Å². The number of quaternary nitrogens is 2. The van der Waals surface area contributed by atoms with E-state index in [1.807, 2.05) is 18.2 Å². The second kappa shape index (κ2) is 18.0. The molecule has 0 spiro atoms. The van der Waals surface area contributed by atoms with Gasteiger partial charge in [-0.1, -0.05) is 35.9 Å². The van der Waals surface area contributed by atoms with Crippen LogP contribution >= 0.6 is 44.3 Å². The third-order valence-electron chi connectivity index (χ3n) is 15.1. The molecule has 0 aliphatic carbocycles. The van der Waals surface area contributed by atoms with Crippen LogP contribution in [0.4, 0.5) is 0 Å². The fourth-order valence-corrected chi connectivity index (χ4v) is 21.6. The zero-order chi connectivity index (χ0) is 53.0. The van der Waals surface area contributed by atoms with Crippen molar-refractivity contribution < 1.29 is 26.0 Å². The van der Waals surface area contributed by atoms with Gasteiger partial charge in [-0.3, -0.25) is 0 Å². The van der Waals surface area contributed by atoms with Crippen molar-refractivity contribution in [2.24, 2.45) is 0 Å². The van der Waals surface area contributed by atoms with Gasteiger partial charge in [0.1, 0.15) is 0 Å². The normalized spacial score (nSPS) is 23.1. The molecule has 0 atom stereocenters. The quantitative estimate of drug-likeness (QED) is 0.130. The minimum atomic E-state index is -4.51. The Bertz CT molecular complexity index is 2550. The van der Waals surface area contributed by atoms with Crippen molar-refractivity contribution in [2.45, 2.75) is 179 Å². The molecule has 0 amide bonds. The molecule has 6 nitrogen and oxygen atoms in total. The Hall–Kier alpha value is -3.19. The van der Waals surface area contributed by atoms with Crippen molar-refractivity contribution in [3.05, 3.63) is 151 Å². The van der Waals surface area contributed by atoms with Crippen LogP contribution in [0.15, 0.2) is 78.9 Å². The second-order valence-corrected chi connectivity index (χ2v) is 40.6. The first-order chi connectivity index (χ1) is 32.4. The van der Waals surface area contributed by atoms with Crippen LogP contribution in [0.2, 0.25) is 0 Å². The van der Waals surface area contributed by atoms with Crippen LogP contribution in [-0.4, -0.2) is 34.6 Å². The van der Waals surface area contributed by atoms with Crippen LogP contribution < -0.4 is 17.7 Å². The van der Waals surface area contributed by atoms with Crippen molar-refractivity contribution in [3.8, 4) is 23.0 Å². The topological polar surface area (TPSA) is 36.9 Å². The third kappa shape index (κ3) is 10.1. The molecule has 0 saturated carbocycles. The second-order valence-electron chi connectivity index (χ2n) is 25.5. The van der Waals surface area contributed by atoms with E-state index in [1.165, 1.54) is 50.1 Å². The van der Waals surface area contributed by atoms with Crippen LogP contribution in [0, 0.1) is 34.6 Å². The first-order valence-corrected chi connectivity index (χ1v) is 34.2. The maximum Gasteiger partial charge on any atom is -0.0398 e. The van der Waals surface area contributed by atoms with Gasteiger partial charge < -0.3 is 0 Å². The Morgan fingerprint density at radius 2 is 0.606 bits per heavy atom. The minimum absolute atomic E-state index is 0.104. The number of hydrogen-bond acceptors (Lipinski definition) is 4. The summed E-state index contributed by atoms with van der Waals surface area (Å²) in [6.07, 6.45) is 0. The van der Waals surface area contributed by atoms with Gasteiger partial charge in [0, 0.05) is 0 Å². The van der Waals surface area contributed by atoms with E-state index in [4.69, 9.17) is 62.0 Å². The summed E-state index contributed by atoms with van der Waals surface area (Å²) in [5.41, 5.74) is 15.0. The van der Waals surface area contributed by atoms with Crippen LogP contribution in [0.5, 0.6) is 23.0 Å². The smallest absolute Gasteiger partial charge is 0.0398 e. The number of benzene rings is 5. The molecule has 5 aromatic rings. The Kier molecular flexibility index (Phi) is 14.1. The number of hydrogen-bond donors (Lipinski definition) is 0. The predicted octanol–water partition coefficient (Wildman–Crippen LogP) is 17.2. The largest absolute Gasteiger partial charge is 0.0622 e. The standard InChI is InChI=1S/2C26H37Cl2NO2Si.C7H8/c2*1-10-29-15-19-11-17(2)13-21(25(4,5)6)23(19)30-32(29,27,28)31-24-20(16-29)12-18(3)14-22(24)26(7,8)9;1-7-5-3-2-4-6-7/h2*11-14H,10,15-16H2,1-9H3;2-6H,1H3. The van der Waals surface area contributed by atoms with Crippen LogP contribution in [0.1, 0.15) is 169 Å². The molecule has 4 heterocycles. The maximum absolute atomic E-state index is 7.51. The van der Waals surface area contributed by atoms with Crippen molar-refractivity contribution in [1.82, 2.24) is 0 Å². The van der Waals surface area contributed by atoms with E-state index in [9.17, 15) is 0 Å². The van der Waals surface area contributed by atoms with Gasteiger partial charge in [-0.15, -0.1) is 0 Å². The fourth-order valence-electron chi connectivity index (χ4n) is 11.1. The number of nitrogens with zero attached hydrogens (tertiary/aromatic N) is 2. The van der Waals surface area contributed by atoms with Crippen molar-refractivity contribution >= 4 is 57.6 Å². The minimum Gasteiger partial charge on any atom is -0.0622 e. The van der Waals surface area contributed by atoms with Crippen LogP contribution in [0.3, 0.4) is 0 Å². The van der Waals surface area contributed by atoms with E-state index in [-0.39, 0.29) is 21.7 Å². The summed E-state index contributed by atoms with van der Waals surface area (Å²) in [6, 6.07) is 27.9. The Morgan fingerprint density at radius 3 is 0.775 bits per heavy atom. The van der Waals surface area contributed by atoms with Gasteiger partial charge >= 0.3 is 407 Å². The monoisotopic (exact) mass is 1080 g/mol. The molecular weight excluding hydrogens is 999 g/mol. The molecule has 4 aliphatic rings. The molecule has 9 rings (SSSR count). The zero-order valence-corrected chi connectivity index (χ0v) is 51.3. The first kappa shape index (κ1) is 55.6. The summed E-state index contributed by atoms with van der Waals surface area (Å²) in [6.45, 7) is 36.6. The van der Waals surface area contributed by atoms with E-state index in [0.717, 1.165) is 58.3 Å². The van der Waals surface area contributed by atoms with Gasteiger partial charge in [-0.25, -0.2) is 0 Å². The molecule has 0 radical (unpaired) electrons. The molecule has 71 heavy (non-hydrogen) atoms. The number of fused-ring (bicyclic) bond motifs is 6. The van der Waals surface area contributed by atoms with Gasteiger partial charge in [-0.05, 0) is 6.92 Å².